The number of hydrogen-bond donors (Lipinski definition) is 4. The molecular formula is C26H32N4O8S2. The van der Waals surface area contributed by atoms with E-state index < -0.39 is 31.8 Å². The number of ether oxygens (including phenoxy) is 2. The highest BCUT2D eigenvalue weighted by atomic mass is 32.2. The van der Waals surface area contributed by atoms with E-state index >= 15 is 0 Å². The van der Waals surface area contributed by atoms with E-state index in [1.54, 1.807) is 30.3 Å². The normalized spacial score (nSPS) is 20.6. The van der Waals surface area contributed by atoms with E-state index in [2.05, 4.69) is 10.3 Å². The van der Waals surface area contributed by atoms with Gasteiger partial charge in [0.1, 0.15) is 29.1 Å². The number of nitrogens with two attached hydrogens (primary N) is 1. The molecule has 2 aliphatic heterocycles. The standard InChI is InChI=1S/C26H32N4O8S2/c27-39(33,34)21-5-3-4-20(12-21)37-17-19(31)14-28-18-13-26(38-16-18)8-10-30(11-9-26)40(35,36)24-15-29-23-7-2-1-6-22(23)25(24)32/h1-7,12,15,18-19,28,31H,8-11,13-14,16-17H2,(H,29,32)(H2,27,33,34)/t18-,19?/m1/s1. The average Bonchev–Trinajstić information content (AvgIpc) is 3.33. The summed E-state index contributed by atoms with van der Waals surface area (Å²) < 4.78 is 62.6. The van der Waals surface area contributed by atoms with Crippen molar-refractivity contribution in [3.05, 3.63) is 54.7 Å². The number of hydrogen-bond acceptors (Lipinski definition) is 10. The summed E-state index contributed by atoms with van der Waals surface area (Å²) in [5.74, 6) is -0.0184. The zero-order chi connectivity index (χ0) is 28.5. The molecule has 0 saturated carbocycles. The van der Waals surface area contributed by atoms with Gasteiger partial charge in [0.25, 0.3) is 0 Å². The Kier molecular flexibility index (Phi) is 8.03. The topological polar surface area (TPSA) is 181 Å². The number of para-hydroxylation sites is 1. The molecule has 2 fully saturated rings. The predicted molar refractivity (Wildman–Crippen MR) is 146 cm³/mol. The van der Waals surface area contributed by atoms with Crippen molar-refractivity contribution in [1.82, 2.24) is 14.6 Å². The lowest BCUT2D eigenvalue weighted by Crippen LogP contribution is -2.47. The summed E-state index contributed by atoms with van der Waals surface area (Å²) in [7, 11) is -7.80. The Morgan fingerprint density at radius 1 is 1.15 bits per heavy atom. The highest BCUT2D eigenvalue weighted by molar-refractivity contribution is 7.89. The summed E-state index contributed by atoms with van der Waals surface area (Å²) >= 11 is 0. The zero-order valence-corrected chi connectivity index (χ0v) is 23.3. The van der Waals surface area contributed by atoms with Gasteiger partial charge >= 0.3 is 0 Å². The highest BCUT2D eigenvalue weighted by Crippen LogP contribution is 2.39. The van der Waals surface area contributed by atoms with Gasteiger partial charge in [-0.15, -0.1) is 0 Å². The number of sulfonamides is 2. The van der Waals surface area contributed by atoms with Crippen molar-refractivity contribution in [1.29, 1.82) is 0 Å². The van der Waals surface area contributed by atoms with E-state index in [9.17, 15) is 27.0 Å². The number of fused-ring (bicyclic) bond motifs is 1. The van der Waals surface area contributed by atoms with Crippen molar-refractivity contribution >= 4 is 30.9 Å². The van der Waals surface area contributed by atoms with Gasteiger partial charge in [0.05, 0.1) is 28.8 Å². The molecule has 2 aromatic carbocycles. The van der Waals surface area contributed by atoms with Crippen LogP contribution in [0.5, 0.6) is 11.5 Å². The number of rotatable bonds is 9. The van der Waals surface area contributed by atoms with Crippen LogP contribution < -0.4 is 15.2 Å². The Morgan fingerprint density at radius 2 is 1.90 bits per heavy atom. The quantitative estimate of drug-likeness (QED) is 0.279. The molecule has 0 amide bonds. The Morgan fingerprint density at radius 3 is 2.65 bits per heavy atom. The first kappa shape index (κ1) is 28.7. The molecule has 3 heterocycles. The fourth-order valence-corrected chi connectivity index (χ4v) is 7.22. The summed E-state index contributed by atoms with van der Waals surface area (Å²) in [6, 6.07) is 12.5. The van der Waals surface area contributed by atoms with Gasteiger partial charge in [-0.05, 0) is 43.5 Å². The summed E-state index contributed by atoms with van der Waals surface area (Å²) in [6.45, 7) is 1.09. The van der Waals surface area contributed by atoms with Crippen LogP contribution in [-0.4, -0.2) is 86.9 Å². The van der Waals surface area contributed by atoms with Crippen molar-refractivity contribution in [3.63, 3.8) is 0 Å². The maximum absolute atomic E-state index is 13.3. The van der Waals surface area contributed by atoms with E-state index in [0.717, 1.165) is 0 Å². The van der Waals surface area contributed by atoms with Crippen molar-refractivity contribution in [2.75, 3.05) is 32.8 Å². The molecule has 0 radical (unpaired) electrons. The zero-order valence-electron chi connectivity index (χ0n) is 21.6. The third-order valence-corrected chi connectivity index (χ3v) is 10.2. The minimum atomic E-state index is -3.94. The lowest BCUT2D eigenvalue weighted by atomic mass is 9.88. The van der Waals surface area contributed by atoms with Gasteiger partial charge in [-0.3, -0.25) is 4.98 Å². The van der Waals surface area contributed by atoms with E-state index in [1.807, 2.05) is 0 Å². The molecule has 1 spiro atoms. The van der Waals surface area contributed by atoms with Crippen LogP contribution in [0.3, 0.4) is 0 Å². The molecule has 2 saturated heterocycles. The number of nitrogens with one attached hydrogen (secondary N) is 1. The van der Waals surface area contributed by atoms with Crippen LogP contribution in [0.25, 0.3) is 10.9 Å². The highest BCUT2D eigenvalue weighted by Gasteiger charge is 2.45. The molecule has 14 heteroatoms. The molecule has 2 atom stereocenters. The second-order valence-electron chi connectivity index (χ2n) is 10.2. The van der Waals surface area contributed by atoms with Gasteiger partial charge in [-0.2, -0.15) is 4.31 Å². The fourth-order valence-electron chi connectivity index (χ4n) is 5.19. The minimum Gasteiger partial charge on any atom is -0.506 e. The summed E-state index contributed by atoms with van der Waals surface area (Å²) in [5.41, 5.74) is 0.0468. The minimum absolute atomic E-state index is 0.0303. The van der Waals surface area contributed by atoms with Gasteiger partial charge in [-0.25, -0.2) is 22.0 Å². The first-order valence-corrected chi connectivity index (χ1v) is 15.8. The van der Waals surface area contributed by atoms with Gasteiger partial charge in [0.15, 0.2) is 0 Å². The fraction of sp³-hybridized carbons (Fsp3) is 0.423. The lowest BCUT2D eigenvalue weighted by Gasteiger charge is -2.38. The number of pyridine rings is 1. The molecule has 1 unspecified atom stereocenters. The second kappa shape index (κ2) is 11.2. The molecule has 5 rings (SSSR count). The Labute approximate surface area is 232 Å². The molecular weight excluding hydrogens is 560 g/mol. The third kappa shape index (κ3) is 6.07. The summed E-state index contributed by atoms with van der Waals surface area (Å²) in [6.07, 6.45) is 2.00. The summed E-state index contributed by atoms with van der Waals surface area (Å²) in [4.78, 5) is 3.92. The molecule has 0 aliphatic carbocycles. The average molecular weight is 593 g/mol. The number of aromatic hydroxyl groups is 1. The van der Waals surface area contributed by atoms with E-state index in [0.29, 0.717) is 36.8 Å². The first-order valence-electron chi connectivity index (χ1n) is 12.8. The molecule has 1 aromatic heterocycles. The van der Waals surface area contributed by atoms with Crippen molar-refractivity contribution in [2.45, 2.75) is 46.8 Å². The predicted octanol–water partition coefficient (Wildman–Crippen LogP) is 0.930. The smallest absolute Gasteiger partial charge is 0.248 e. The van der Waals surface area contributed by atoms with E-state index in [1.165, 1.54) is 28.7 Å². The molecule has 3 aromatic rings. The van der Waals surface area contributed by atoms with E-state index in [4.69, 9.17) is 14.6 Å². The van der Waals surface area contributed by atoms with Crippen LogP contribution in [0.15, 0.2) is 64.5 Å². The molecule has 12 nitrogen and oxygen atoms in total. The molecule has 40 heavy (non-hydrogen) atoms. The number of aliphatic hydroxyl groups excluding tert-OH is 1. The largest absolute Gasteiger partial charge is 0.506 e. The van der Waals surface area contributed by atoms with Crippen LogP contribution in [-0.2, 0) is 24.8 Å². The Balaban J connectivity index is 1.11. The van der Waals surface area contributed by atoms with Crippen LogP contribution in [0.1, 0.15) is 19.3 Å². The number of benzene rings is 2. The van der Waals surface area contributed by atoms with Crippen LogP contribution in [0.4, 0.5) is 0 Å². The Bertz CT molecular complexity index is 1590. The van der Waals surface area contributed by atoms with Gasteiger partial charge < -0.3 is 25.0 Å². The van der Waals surface area contributed by atoms with Crippen molar-refractivity contribution < 1.29 is 36.5 Å². The van der Waals surface area contributed by atoms with E-state index in [-0.39, 0.29) is 53.6 Å². The lowest BCUT2D eigenvalue weighted by molar-refractivity contribution is -0.0312. The monoisotopic (exact) mass is 592 g/mol. The molecule has 2 aliphatic rings. The number of aliphatic hydroxyl groups is 1. The SMILES string of the molecule is NS(=O)(=O)c1cccc(OCC(O)CN[C@H]2COC3(CCN(S(=O)(=O)c4cnc5ccccc5c4O)CC3)C2)c1. The second-order valence-corrected chi connectivity index (χ2v) is 13.6. The maximum Gasteiger partial charge on any atom is 0.248 e. The van der Waals surface area contributed by atoms with Gasteiger partial charge in [-0.1, -0.05) is 18.2 Å². The Hall–Kier alpha value is -2.85. The number of primary sulfonamides is 1. The molecule has 0 bridgehead atoms. The molecule has 5 N–H and O–H groups in total. The number of piperidine rings is 1. The van der Waals surface area contributed by atoms with Crippen molar-refractivity contribution in [3.8, 4) is 11.5 Å². The van der Waals surface area contributed by atoms with Gasteiger partial charge in [0.2, 0.25) is 20.0 Å². The first-order chi connectivity index (χ1) is 19.0. The van der Waals surface area contributed by atoms with Crippen LogP contribution >= 0.6 is 0 Å². The third-order valence-electron chi connectivity index (χ3n) is 7.39. The summed E-state index contributed by atoms with van der Waals surface area (Å²) in [5, 5.41) is 29.8. The van der Waals surface area contributed by atoms with Crippen molar-refractivity contribution in [2.24, 2.45) is 5.14 Å². The number of aromatic nitrogens is 1. The van der Waals surface area contributed by atoms with Crippen LogP contribution in [0.2, 0.25) is 0 Å². The molecule has 216 valence electrons. The van der Waals surface area contributed by atoms with Crippen LogP contribution in [0, 0.1) is 0 Å². The maximum atomic E-state index is 13.3. The van der Waals surface area contributed by atoms with Gasteiger partial charge in [0, 0.05) is 37.1 Å². The number of nitrogens with zero attached hydrogens (tertiary/aromatic N) is 2.